The molecule has 18 heavy (non-hydrogen) atoms. The summed E-state index contributed by atoms with van der Waals surface area (Å²) in [4.78, 5) is 12.7. The Kier molecular flexibility index (Phi) is 3.63. The zero-order valence-corrected chi connectivity index (χ0v) is 11.8. The Labute approximate surface area is 110 Å². The molecule has 5 nitrogen and oxygen atoms in total. The van der Waals surface area contributed by atoms with Crippen LogP contribution in [0, 0.1) is 0 Å². The molecule has 0 fully saturated rings. The molecule has 1 amide bonds. The number of carbonyl (C=O) groups excluding carboxylic acids is 1. The fourth-order valence-corrected chi connectivity index (χ4v) is 4.94. The summed E-state index contributed by atoms with van der Waals surface area (Å²) in [5.74, 6) is -0.0752. The molecule has 1 aromatic heterocycles. The van der Waals surface area contributed by atoms with Crippen molar-refractivity contribution in [3.63, 3.8) is 0 Å². The van der Waals surface area contributed by atoms with Crippen LogP contribution in [0.1, 0.15) is 34.1 Å². The number of hydrogen-bond acceptors (Lipinski definition) is 5. The lowest BCUT2D eigenvalue weighted by Crippen LogP contribution is -2.27. The summed E-state index contributed by atoms with van der Waals surface area (Å²) in [7, 11) is -3.02. The van der Waals surface area contributed by atoms with Crippen LogP contribution in [0.5, 0.6) is 0 Å². The third kappa shape index (κ3) is 2.51. The number of thiophene rings is 1. The highest BCUT2D eigenvalue weighted by Crippen LogP contribution is 2.35. The van der Waals surface area contributed by atoms with Gasteiger partial charge in [0.1, 0.15) is 0 Å². The quantitative estimate of drug-likeness (QED) is 0.866. The van der Waals surface area contributed by atoms with Crippen molar-refractivity contribution in [2.75, 3.05) is 18.0 Å². The molecule has 2 heterocycles. The minimum Gasteiger partial charge on any atom is -0.390 e. The van der Waals surface area contributed by atoms with Gasteiger partial charge in [0.15, 0.2) is 9.84 Å². The number of nitrogen functional groups attached to an aromatic ring is 1. The summed E-state index contributed by atoms with van der Waals surface area (Å²) in [6.45, 7) is 2.57. The third-order valence-electron chi connectivity index (χ3n) is 2.89. The van der Waals surface area contributed by atoms with E-state index in [0.717, 1.165) is 16.9 Å². The van der Waals surface area contributed by atoms with E-state index in [1.54, 1.807) is 0 Å². The van der Waals surface area contributed by atoms with Crippen LogP contribution < -0.4 is 11.1 Å². The van der Waals surface area contributed by atoms with Gasteiger partial charge in [0.2, 0.25) is 0 Å². The molecule has 0 saturated carbocycles. The number of sulfone groups is 1. The second-order valence-corrected chi connectivity index (χ2v) is 7.66. The van der Waals surface area contributed by atoms with Gasteiger partial charge in [-0.05, 0) is 18.4 Å². The van der Waals surface area contributed by atoms with Crippen LogP contribution in [-0.4, -0.2) is 26.6 Å². The summed E-state index contributed by atoms with van der Waals surface area (Å²) < 4.78 is 23.1. The molecule has 0 atom stereocenters. The van der Waals surface area contributed by atoms with Gasteiger partial charge in [-0.25, -0.2) is 8.42 Å². The molecule has 0 radical (unpaired) electrons. The number of nitrogens with one attached hydrogen (secondary N) is 1. The molecule has 0 unspecified atom stereocenters. The zero-order valence-electron chi connectivity index (χ0n) is 10.2. The average Bonchev–Trinajstić information content (AvgIpc) is 2.59. The Morgan fingerprint density at radius 3 is 2.89 bits per heavy atom. The first-order chi connectivity index (χ1) is 8.44. The maximum Gasteiger partial charge on any atom is 0.254 e. The van der Waals surface area contributed by atoms with E-state index in [-0.39, 0.29) is 17.4 Å². The average molecular weight is 288 g/mol. The van der Waals surface area contributed by atoms with Crippen molar-refractivity contribution in [1.29, 1.82) is 0 Å². The second-order valence-electron chi connectivity index (χ2n) is 4.34. The first-order valence-electron chi connectivity index (χ1n) is 5.83. The van der Waals surface area contributed by atoms with E-state index in [9.17, 15) is 13.2 Å². The maximum atomic E-state index is 12.0. The van der Waals surface area contributed by atoms with Crippen molar-refractivity contribution in [1.82, 2.24) is 5.32 Å². The maximum absolute atomic E-state index is 12.0. The molecule has 100 valence electrons. The van der Waals surface area contributed by atoms with Gasteiger partial charge < -0.3 is 11.1 Å². The Hall–Kier alpha value is -1.08. The van der Waals surface area contributed by atoms with E-state index in [2.05, 4.69) is 5.32 Å². The number of rotatable bonds is 3. The smallest absolute Gasteiger partial charge is 0.254 e. The normalized spacial score (nSPS) is 17.2. The molecule has 0 spiro atoms. The van der Waals surface area contributed by atoms with Crippen LogP contribution in [0.4, 0.5) is 5.00 Å². The van der Waals surface area contributed by atoms with Crippen LogP contribution in [0.15, 0.2) is 0 Å². The highest BCUT2D eigenvalue weighted by molar-refractivity contribution is 7.90. The van der Waals surface area contributed by atoms with Crippen molar-refractivity contribution in [2.45, 2.75) is 25.5 Å². The lowest BCUT2D eigenvalue weighted by Gasteiger charge is -2.13. The first kappa shape index (κ1) is 13.4. The van der Waals surface area contributed by atoms with Gasteiger partial charge in [-0.1, -0.05) is 6.92 Å². The Bertz CT molecular complexity index is 575. The largest absolute Gasteiger partial charge is 0.390 e. The van der Waals surface area contributed by atoms with Crippen molar-refractivity contribution < 1.29 is 13.2 Å². The van der Waals surface area contributed by atoms with Crippen LogP contribution in [0.25, 0.3) is 0 Å². The topological polar surface area (TPSA) is 89.3 Å². The van der Waals surface area contributed by atoms with E-state index >= 15 is 0 Å². The number of hydrogen-bond donors (Lipinski definition) is 2. The zero-order chi connectivity index (χ0) is 13.3. The molecule has 7 heteroatoms. The minimum atomic E-state index is -3.02. The molecule has 1 aromatic rings. The lowest BCUT2D eigenvalue weighted by atomic mass is 10.1. The van der Waals surface area contributed by atoms with E-state index in [1.807, 2.05) is 6.92 Å². The summed E-state index contributed by atoms with van der Waals surface area (Å²) in [5, 5.41) is 3.21. The van der Waals surface area contributed by atoms with E-state index < -0.39 is 9.84 Å². The van der Waals surface area contributed by atoms with Gasteiger partial charge in [-0.2, -0.15) is 0 Å². The van der Waals surface area contributed by atoms with Crippen molar-refractivity contribution in [3.8, 4) is 0 Å². The molecule has 0 bridgehead atoms. The standard InChI is InChI=1S/C11H16N2O3S2/c1-2-4-13-11(14)9-7-3-5-18(15,16)6-8(7)17-10(9)12/h2-6,12H2,1H3,(H,13,14). The molecule has 0 aliphatic carbocycles. The van der Waals surface area contributed by atoms with Crippen molar-refractivity contribution in [2.24, 2.45) is 0 Å². The monoisotopic (exact) mass is 288 g/mol. The Morgan fingerprint density at radius 2 is 2.22 bits per heavy atom. The predicted molar refractivity (Wildman–Crippen MR) is 72.6 cm³/mol. The molecule has 1 aliphatic heterocycles. The SMILES string of the molecule is CCCNC(=O)c1c(N)sc2c1CCS(=O)(=O)C2. The highest BCUT2D eigenvalue weighted by Gasteiger charge is 2.29. The van der Waals surface area contributed by atoms with Gasteiger partial charge in [0.05, 0.1) is 22.1 Å². The number of carbonyl (C=O) groups is 1. The van der Waals surface area contributed by atoms with Gasteiger partial charge in [0, 0.05) is 11.4 Å². The molecule has 0 saturated heterocycles. The van der Waals surface area contributed by atoms with E-state index in [4.69, 9.17) is 5.73 Å². The second kappa shape index (κ2) is 4.89. The lowest BCUT2D eigenvalue weighted by molar-refractivity contribution is 0.0954. The summed E-state index contributed by atoms with van der Waals surface area (Å²) in [6, 6.07) is 0. The Balaban J connectivity index is 2.34. The first-order valence-corrected chi connectivity index (χ1v) is 8.47. The van der Waals surface area contributed by atoms with Crippen LogP contribution >= 0.6 is 11.3 Å². The van der Waals surface area contributed by atoms with E-state index in [1.165, 1.54) is 11.3 Å². The van der Waals surface area contributed by atoms with Gasteiger partial charge >= 0.3 is 0 Å². The molecule has 2 rings (SSSR count). The third-order valence-corrected chi connectivity index (χ3v) is 5.69. The number of nitrogens with two attached hydrogens (primary N) is 1. The fourth-order valence-electron chi connectivity index (χ4n) is 2.02. The summed E-state index contributed by atoms with van der Waals surface area (Å²) in [5.41, 5.74) is 7.15. The van der Waals surface area contributed by atoms with Crippen molar-refractivity contribution in [3.05, 3.63) is 16.0 Å². The number of anilines is 1. The number of amides is 1. The van der Waals surface area contributed by atoms with Gasteiger partial charge in [-0.3, -0.25) is 4.79 Å². The molecular formula is C11H16N2O3S2. The van der Waals surface area contributed by atoms with Crippen LogP contribution in [-0.2, 0) is 22.0 Å². The summed E-state index contributed by atoms with van der Waals surface area (Å²) >= 11 is 1.22. The minimum absolute atomic E-state index is 0.0122. The van der Waals surface area contributed by atoms with Gasteiger partial charge in [-0.15, -0.1) is 11.3 Å². The number of fused-ring (bicyclic) bond motifs is 1. The molecule has 0 aromatic carbocycles. The van der Waals surface area contributed by atoms with E-state index in [0.29, 0.717) is 23.5 Å². The van der Waals surface area contributed by atoms with Crippen LogP contribution in [0.3, 0.4) is 0 Å². The van der Waals surface area contributed by atoms with Crippen molar-refractivity contribution >= 4 is 32.1 Å². The fraction of sp³-hybridized carbons (Fsp3) is 0.545. The molecule has 1 aliphatic rings. The summed E-state index contributed by atoms with van der Waals surface area (Å²) in [6.07, 6.45) is 1.24. The van der Waals surface area contributed by atoms with Crippen LogP contribution in [0.2, 0.25) is 0 Å². The highest BCUT2D eigenvalue weighted by atomic mass is 32.2. The Morgan fingerprint density at radius 1 is 1.50 bits per heavy atom. The molecule has 3 N–H and O–H groups in total. The predicted octanol–water partition coefficient (Wildman–Crippen LogP) is 0.941. The van der Waals surface area contributed by atoms with Gasteiger partial charge in [0.25, 0.3) is 5.91 Å². The molecular weight excluding hydrogens is 272 g/mol.